The molecular weight excluding hydrogens is 334 g/mol. The van der Waals surface area contributed by atoms with E-state index in [1.165, 1.54) is 0 Å². The number of methoxy groups -OCH3 is 1. The summed E-state index contributed by atoms with van der Waals surface area (Å²) in [5.41, 5.74) is 2.00. The molecule has 0 fully saturated rings. The Morgan fingerprint density at radius 3 is 2.20 bits per heavy atom. The second-order valence-electron chi connectivity index (χ2n) is 5.23. The first-order chi connectivity index (χ1) is 12.3. The molecule has 0 unspecified atom stereocenters. The van der Waals surface area contributed by atoms with E-state index in [0.29, 0.717) is 6.61 Å². The summed E-state index contributed by atoms with van der Waals surface area (Å²) in [6, 6.07) is 15.8. The Kier molecular flexibility index (Phi) is 5.60. The molecule has 130 valence electrons. The Bertz CT molecular complexity index is 814. The highest BCUT2D eigenvalue weighted by molar-refractivity contribution is 7.99. The molecule has 25 heavy (non-hydrogen) atoms. The number of ether oxygens (including phenoxy) is 2. The van der Waals surface area contributed by atoms with Gasteiger partial charge in [0.2, 0.25) is 0 Å². The smallest absolute Gasteiger partial charge is 0.196 e. The van der Waals surface area contributed by atoms with Gasteiger partial charge < -0.3 is 9.47 Å². The van der Waals surface area contributed by atoms with Crippen LogP contribution in [0, 0.1) is 0 Å². The molecule has 0 spiro atoms. The van der Waals surface area contributed by atoms with Crippen molar-refractivity contribution in [2.24, 2.45) is 0 Å². The molecule has 0 aliphatic rings. The van der Waals surface area contributed by atoms with Gasteiger partial charge in [-0.05, 0) is 61.2 Å². The summed E-state index contributed by atoms with van der Waals surface area (Å²) in [6.45, 7) is 4.74. The lowest BCUT2D eigenvalue weighted by molar-refractivity contribution is 0.340. The summed E-state index contributed by atoms with van der Waals surface area (Å²) in [6.07, 6.45) is 0. The topological polar surface area (TPSA) is 49.2 Å². The van der Waals surface area contributed by atoms with Crippen molar-refractivity contribution in [3.63, 3.8) is 0 Å². The molecule has 0 N–H and O–H groups in total. The highest BCUT2D eigenvalue weighted by atomic mass is 32.2. The molecule has 3 rings (SSSR count). The lowest BCUT2D eigenvalue weighted by atomic mass is 10.2. The lowest BCUT2D eigenvalue weighted by Crippen LogP contribution is -2.00. The van der Waals surface area contributed by atoms with Crippen molar-refractivity contribution in [3.8, 4) is 28.6 Å². The number of benzene rings is 2. The predicted molar refractivity (Wildman–Crippen MR) is 101 cm³/mol. The summed E-state index contributed by atoms with van der Waals surface area (Å²) in [5.74, 6) is 3.41. The van der Waals surface area contributed by atoms with Crippen molar-refractivity contribution < 1.29 is 9.47 Å². The number of nitrogens with zero attached hydrogens (tertiary/aromatic N) is 3. The standard InChI is InChI=1S/C19H21N3O2S/c1-4-24-17-12-8-15(9-13-17)22-18(20-21-19(22)25-5-2)14-6-10-16(23-3)11-7-14/h6-13H,4-5H2,1-3H3. The van der Waals surface area contributed by atoms with Crippen molar-refractivity contribution >= 4 is 11.8 Å². The van der Waals surface area contributed by atoms with Crippen molar-refractivity contribution in [1.29, 1.82) is 0 Å². The van der Waals surface area contributed by atoms with E-state index in [2.05, 4.69) is 21.7 Å². The number of aromatic nitrogens is 3. The molecule has 6 heteroatoms. The van der Waals surface area contributed by atoms with E-state index in [1.807, 2.05) is 55.5 Å². The molecule has 1 heterocycles. The van der Waals surface area contributed by atoms with Crippen LogP contribution in [0.3, 0.4) is 0 Å². The average molecular weight is 355 g/mol. The van der Waals surface area contributed by atoms with Crippen LogP contribution in [0.5, 0.6) is 11.5 Å². The summed E-state index contributed by atoms with van der Waals surface area (Å²) in [4.78, 5) is 0. The molecule has 0 aliphatic heterocycles. The minimum absolute atomic E-state index is 0.653. The zero-order valence-corrected chi connectivity index (χ0v) is 15.4. The van der Waals surface area contributed by atoms with Gasteiger partial charge in [-0.3, -0.25) is 4.57 Å². The summed E-state index contributed by atoms with van der Waals surface area (Å²) < 4.78 is 12.9. The number of rotatable bonds is 7. The highest BCUT2D eigenvalue weighted by Crippen LogP contribution is 2.29. The molecular formula is C19H21N3O2S. The summed E-state index contributed by atoms with van der Waals surface area (Å²) in [5, 5.41) is 9.66. The third-order valence-corrected chi connectivity index (χ3v) is 4.47. The zero-order chi connectivity index (χ0) is 17.6. The third-order valence-electron chi connectivity index (χ3n) is 3.66. The van der Waals surface area contributed by atoms with Crippen LogP contribution in [0.4, 0.5) is 0 Å². The largest absolute Gasteiger partial charge is 0.497 e. The van der Waals surface area contributed by atoms with Gasteiger partial charge in [-0.1, -0.05) is 18.7 Å². The fraction of sp³-hybridized carbons (Fsp3) is 0.263. The van der Waals surface area contributed by atoms with E-state index in [4.69, 9.17) is 9.47 Å². The molecule has 0 saturated carbocycles. The molecule has 2 aromatic carbocycles. The Morgan fingerprint density at radius 2 is 1.60 bits per heavy atom. The van der Waals surface area contributed by atoms with Gasteiger partial charge in [0, 0.05) is 11.3 Å². The van der Waals surface area contributed by atoms with Gasteiger partial charge in [-0.2, -0.15) is 0 Å². The maximum atomic E-state index is 5.54. The fourth-order valence-corrected chi connectivity index (χ4v) is 3.19. The normalized spacial score (nSPS) is 10.7. The average Bonchev–Trinajstić information content (AvgIpc) is 3.07. The number of hydrogen-bond donors (Lipinski definition) is 0. The summed E-state index contributed by atoms with van der Waals surface area (Å²) >= 11 is 1.67. The SMILES string of the molecule is CCOc1ccc(-n2c(SCC)nnc2-c2ccc(OC)cc2)cc1. The van der Waals surface area contributed by atoms with Gasteiger partial charge in [0.05, 0.1) is 13.7 Å². The maximum absolute atomic E-state index is 5.54. The Balaban J connectivity index is 2.04. The van der Waals surface area contributed by atoms with Gasteiger partial charge in [0.1, 0.15) is 11.5 Å². The molecule has 0 saturated heterocycles. The quantitative estimate of drug-likeness (QED) is 0.586. The van der Waals surface area contributed by atoms with Crippen LogP contribution in [0.25, 0.3) is 17.1 Å². The molecule has 0 radical (unpaired) electrons. The van der Waals surface area contributed by atoms with Crippen molar-refractivity contribution in [2.75, 3.05) is 19.5 Å². The van der Waals surface area contributed by atoms with Crippen LogP contribution < -0.4 is 9.47 Å². The van der Waals surface area contributed by atoms with Crippen molar-refractivity contribution in [1.82, 2.24) is 14.8 Å². The van der Waals surface area contributed by atoms with E-state index < -0.39 is 0 Å². The summed E-state index contributed by atoms with van der Waals surface area (Å²) in [7, 11) is 1.66. The van der Waals surface area contributed by atoms with E-state index in [0.717, 1.165) is 39.5 Å². The van der Waals surface area contributed by atoms with E-state index in [-0.39, 0.29) is 0 Å². The van der Waals surface area contributed by atoms with Crippen LogP contribution >= 0.6 is 11.8 Å². The van der Waals surface area contributed by atoms with Gasteiger partial charge >= 0.3 is 0 Å². The van der Waals surface area contributed by atoms with Crippen LogP contribution in [0.15, 0.2) is 53.7 Å². The highest BCUT2D eigenvalue weighted by Gasteiger charge is 2.16. The molecule has 0 aliphatic carbocycles. The zero-order valence-electron chi connectivity index (χ0n) is 14.6. The second-order valence-corrected chi connectivity index (χ2v) is 6.46. The molecule has 3 aromatic rings. The van der Waals surface area contributed by atoms with Crippen LogP contribution in [0.2, 0.25) is 0 Å². The fourth-order valence-electron chi connectivity index (χ4n) is 2.51. The molecule has 0 amide bonds. The Labute approximate surface area is 152 Å². The first kappa shape index (κ1) is 17.4. The molecule has 0 bridgehead atoms. The van der Waals surface area contributed by atoms with Crippen LogP contribution in [0.1, 0.15) is 13.8 Å². The van der Waals surface area contributed by atoms with E-state index in [9.17, 15) is 0 Å². The first-order valence-corrected chi connectivity index (χ1v) is 9.21. The Morgan fingerprint density at radius 1 is 0.920 bits per heavy atom. The number of thioether (sulfide) groups is 1. The van der Waals surface area contributed by atoms with Crippen molar-refractivity contribution in [2.45, 2.75) is 19.0 Å². The van der Waals surface area contributed by atoms with E-state index in [1.54, 1.807) is 18.9 Å². The Hall–Kier alpha value is -2.47. The van der Waals surface area contributed by atoms with Gasteiger partial charge in [0.25, 0.3) is 0 Å². The minimum Gasteiger partial charge on any atom is -0.497 e. The van der Waals surface area contributed by atoms with Gasteiger partial charge in [-0.25, -0.2) is 0 Å². The molecule has 5 nitrogen and oxygen atoms in total. The van der Waals surface area contributed by atoms with Gasteiger partial charge in [0.15, 0.2) is 11.0 Å². The van der Waals surface area contributed by atoms with Crippen molar-refractivity contribution in [3.05, 3.63) is 48.5 Å². The van der Waals surface area contributed by atoms with Crippen LogP contribution in [-0.4, -0.2) is 34.2 Å². The number of hydrogen-bond acceptors (Lipinski definition) is 5. The monoisotopic (exact) mass is 355 g/mol. The maximum Gasteiger partial charge on any atom is 0.196 e. The third kappa shape index (κ3) is 3.79. The molecule has 1 aromatic heterocycles. The van der Waals surface area contributed by atoms with E-state index >= 15 is 0 Å². The minimum atomic E-state index is 0.653. The van der Waals surface area contributed by atoms with Gasteiger partial charge in [-0.15, -0.1) is 10.2 Å². The molecule has 0 atom stereocenters. The first-order valence-electron chi connectivity index (χ1n) is 8.22. The second kappa shape index (κ2) is 8.07. The van der Waals surface area contributed by atoms with Crippen LogP contribution in [-0.2, 0) is 0 Å². The predicted octanol–water partition coefficient (Wildman–Crippen LogP) is 4.45. The lowest BCUT2D eigenvalue weighted by Gasteiger charge is -2.11.